The molecule has 0 aromatic heterocycles. The Morgan fingerprint density at radius 3 is 1.20 bits per heavy atom. The molecule has 4 aliphatic heterocycles. The van der Waals surface area contributed by atoms with Gasteiger partial charge < -0.3 is 20.4 Å². The Labute approximate surface area is 622 Å². The van der Waals surface area contributed by atoms with Crippen LogP contribution in [0.1, 0.15) is 274 Å². The van der Waals surface area contributed by atoms with E-state index in [2.05, 4.69) is 197 Å². The van der Waals surface area contributed by atoms with Gasteiger partial charge in [-0.1, -0.05) is 249 Å². The molecule has 2 amide bonds. The Bertz CT molecular complexity index is 3000. The van der Waals surface area contributed by atoms with Gasteiger partial charge in [-0.2, -0.15) is 0 Å². The molecule has 4 heterocycles. The molecule has 12 heteroatoms. The SMILES string of the molecule is CC.CC.CC(C)C(=O)N(C)[C@@H]1c2ccccc2C[C@H]1N1CCCC1.CCC.CCC.CCC.CCC.CN(C(=O)Cc1ccc(Cl)c(Cl)c1)[C@H]1c2ccccc2CCC[C@@H]1N1CCCC1.CN[C@@H]1c2ccccc2C[C@H]1N1CCCC1.CN[C@H]1c2ccccc2CCC[C@@H]1N1CCCC1. The lowest BCUT2D eigenvalue weighted by Gasteiger charge is -2.39. The van der Waals surface area contributed by atoms with Crippen LogP contribution in [0.4, 0.5) is 0 Å². The minimum atomic E-state index is 0.0574. The number of amides is 2. The van der Waals surface area contributed by atoms with Crippen LogP contribution >= 0.6 is 23.2 Å². The molecular formula is C88H142Cl2N8O2. The van der Waals surface area contributed by atoms with Crippen LogP contribution < -0.4 is 10.6 Å². The van der Waals surface area contributed by atoms with Gasteiger partial charge in [0.25, 0.3) is 0 Å². The fraction of sp³-hybridized carbons (Fsp3) is 0.636. The quantitative estimate of drug-likeness (QED) is 0.127. The van der Waals surface area contributed by atoms with Gasteiger partial charge in [0.2, 0.25) is 11.8 Å². The van der Waals surface area contributed by atoms with E-state index in [4.69, 9.17) is 23.2 Å². The minimum Gasteiger partial charge on any atom is -0.337 e. The summed E-state index contributed by atoms with van der Waals surface area (Å²) in [5.41, 5.74) is 12.5. The second-order valence-electron chi connectivity index (χ2n) is 28.5. The fourth-order valence-electron chi connectivity index (χ4n) is 16.0. The molecule has 4 fully saturated rings. The summed E-state index contributed by atoms with van der Waals surface area (Å²) in [6.45, 7) is 38.8. The van der Waals surface area contributed by atoms with E-state index in [1.165, 1.54) is 182 Å². The molecule has 10 nitrogen and oxygen atoms in total. The van der Waals surface area contributed by atoms with Crippen molar-refractivity contribution in [2.24, 2.45) is 5.92 Å². The van der Waals surface area contributed by atoms with Crippen molar-refractivity contribution in [2.75, 3.05) is 80.5 Å². The Morgan fingerprint density at radius 2 is 0.760 bits per heavy atom. The lowest BCUT2D eigenvalue weighted by molar-refractivity contribution is -0.136. The first-order valence-corrected chi connectivity index (χ1v) is 40.9. The number of aryl methyl sites for hydroxylation is 2. The number of nitrogens with one attached hydrogen (secondary N) is 2. The van der Waals surface area contributed by atoms with Gasteiger partial charge in [0, 0.05) is 56.3 Å². The molecule has 0 unspecified atom stereocenters. The van der Waals surface area contributed by atoms with Gasteiger partial charge in [-0.25, -0.2) is 0 Å². The Balaban J connectivity index is 0.000000268. The topological polar surface area (TPSA) is 77.6 Å². The van der Waals surface area contributed by atoms with E-state index in [0.717, 1.165) is 37.9 Å². The average molecular weight is 1420 g/mol. The summed E-state index contributed by atoms with van der Waals surface area (Å²) >= 11 is 12.2. The Morgan fingerprint density at radius 1 is 0.430 bits per heavy atom. The number of halogens is 2. The summed E-state index contributed by atoms with van der Waals surface area (Å²) in [5, 5.41) is 8.10. The molecule has 5 aromatic rings. The van der Waals surface area contributed by atoms with E-state index in [1.807, 2.05) is 71.5 Å². The second-order valence-corrected chi connectivity index (χ2v) is 29.3. The molecular weight excluding hydrogens is 1270 g/mol. The summed E-state index contributed by atoms with van der Waals surface area (Å²) in [4.78, 5) is 40.4. The Kier molecular flexibility index (Phi) is 43.2. The van der Waals surface area contributed by atoms with Crippen molar-refractivity contribution in [3.8, 4) is 0 Å². The van der Waals surface area contributed by atoms with Gasteiger partial charge in [-0.05, 0) is 231 Å². The van der Waals surface area contributed by atoms with Crippen LogP contribution in [0.15, 0.2) is 115 Å². The highest BCUT2D eigenvalue weighted by Crippen LogP contribution is 2.42. The van der Waals surface area contributed by atoms with Crippen molar-refractivity contribution in [3.63, 3.8) is 0 Å². The molecule has 100 heavy (non-hydrogen) atoms. The van der Waals surface area contributed by atoms with Crippen molar-refractivity contribution in [3.05, 3.63) is 175 Å². The second kappa shape index (κ2) is 49.2. The zero-order valence-electron chi connectivity index (χ0n) is 66.4. The molecule has 560 valence electrons. The van der Waals surface area contributed by atoms with Crippen LogP contribution in [0.5, 0.6) is 0 Å². The van der Waals surface area contributed by atoms with E-state index in [1.54, 1.807) is 23.3 Å². The van der Waals surface area contributed by atoms with E-state index >= 15 is 0 Å². The van der Waals surface area contributed by atoms with Crippen LogP contribution in [0.25, 0.3) is 0 Å². The highest BCUT2D eigenvalue weighted by atomic mass is 35.5. The van der Waals surface area contributed by atoms with Gasteiger partial charge in [0.05, 0.1) is 28.5 Å². The van der Waals surface area contributed by atoms with Crippen LogP contribution in [0.3, 0.4) is 0 Å². The first-order chi connectivity index (χ1) is 48.6. The van der Waals surface area contributed by atoms with Crippen molar-refractivity contribution >= 4 is 35.0 Å². The smallest absolute Gasteiger partial charge is 0.227 e. The number of likely N-dealkylation sites (N-methyl/N-ethyl adjacent to an activating group) is 4. The summed E-state index contributed by atoms with van der Waals surface area (Å²) in [7, 11) is 8.17. The number of carbonyl (C=O) groups excluding carboxylic acids is 2. The number of carbonyl (C=O) groups is 2. The molecule has 2 N–H and O–H groups in total. The van der Waals surface area contributed by atoms with Gasteiger partial charge in [-0.3, -0.25) is 29.2 Å². The van der Waals surface area contributed by atoms with Crippen molar-refractivity contribution < 1.29 is 9.59 Å². The van der Waals surface area contributed by atoms with E-state index in [-0.39, 0.29) is 29.8 Å². The maximum atomic E-state index is 13.3. The zero-order valence-corrected chi connectivity index (χ0v) is 67.9. The maximum Gasteiger partial charge on any atom is 0.227 e. The lowest BCUT2D eigenvalue weighted by Crippen LogP contribution is -2.46. The number of rotatable bonds is 11. The number of benzene rings is 5. The third-order valence-corrected chi connectivity index (χ3v) is 21.0. The molecule has 13 rings (SSSR count). The molecule has 0 spiro atoms. The van der Waals surface area contributed by atoms with Crippen molar-refractivity contribution in [1.29, 1.82) is 0 Å². The number of hydrogen-bond donors (Lipinski definition) is 2. The van der Waals surface area contributed by atoms with E-state index in [0.29, 0.717) is 52.7 Å². The molecule has 0 bridgehead atoms. The third-order valence-electron chi connectivity index (χ3n) is 20.2. The molecule has 8 aliphatic rings. The predicted octanol–water partition coefficient (Wildman–Crippen LogP) is 20.8. The molecule has 0 saturated carbocycles. The van der Waals surface area contributed by atoms with Crippen molar-refractivity contribution in [1.82, 2.24) is 40.0 Å². The normalized spacial score (nSPS) is 22.5. The van der Waals surface area contributed by atoms with E-state index in [9.17, 15) is 9.59 Å². The summed E-state index contributed by atoms with van der Waals surface area (Å²) in [5.74, 6) is 0.428. The first-order valence-electron chi connectivity index (χ1n) is 40.2. The Hall–Kier alpha value is -4.62. The van der Waals surface area contributed by atoms with Crippen LogP contribution in [-0.4, -0.2) is 146 Å². The van der Waals surface area contributed by atoms with Crippen LogP contribution in [0.2, 0.25) is 10.0 Å². The standard InChI is InChI=1S/C24H28Cl2N2O.C18H26N2O.C16H24N2.C14H20N2.4C3H8.2C2H6/c1-27(23(29)16-17-11-12-20(25)21(26)15-17)24-19-9-3-2-7-18(19)8-6-10-22(24)28-13-4-5-14-28;1-13(2)18(21)19(3)17-15-9-5-4-8-14(15)12-16(17)20-10-6-7-11-20;1-17-16-14-9-3-2-7-13(14)8-6-10-15(16)18-11-4-5-12-18;1-15-14-12-7-3-2-6-11(12)10-13(14)16-8-4-5-9-16;4*1-3-2;2*1-2/h2-3,7,9,11-12,15,22,24H,4-6,8,10,13-14,16H2,1H3;4-5,8-9,13,16-17H,6-7,10-12H2,1-3H3;2-3,7,9,15-17H,4-6,8,10-12H2,1H3;2-3,6-7,13-15H,4-5,8-10H2,1H3;4*3H2,1-2H3;2*1-2H3/t22-,24-;16-,17-;15-,16-;13-,14-;;;;;;/m0101....../s1. The molecule has 4 saturated heterocycles. The van der Waals surface area contributed by atoms with Crippen LogP contribution in [0, 0.1) is 5.92 Å². The lowest BCUT2D eigenvalue weighted by atomic mass is 9.93. The number of nitrogens with zero attached hydrogens (tertiary/aromatic N) is 6. The first kappa shape index (κ1) is 87.8. The predicted molar refractivity (Wildman–Crippen MR) is 434 cm³/mol. The van der Waals surface area contributed by atoms with Gasteiger partial charge >= 0.3 is 0 Å². The fourth-order valence-corrected chi connectivity index (χ4v) is 16.3. The summed E-state index contributed by atoms with van der Waals surface area (Å²) in [6, 6.07) is 44.3. The van der Waals surface area contributed by atoms with Gasteiger partial charge in [0.1, 0.15) is 0 Å². The highest BCUT2D eigenvalue weighted by Gasteiger charge is 2.42. The number of hydrogen-bond acceptors (Lipinski definition) is 8. The van der Waals surface area contributed by atoms with E-state index < -0.39 is 0 Å². The zero-order chi connectivity index (χ0) is 73.5. The molecule has 4 aliphatic carbocycles. The number of fused-ring (bicyclic) bond motifs is 4. The number of likely N-dealkylation sites (tertiary alicyclic amines) is 4. The minimum absolute atomic E-state index is 0.0574. The maximum absolute atomic E-state index is 13.3. The summed E-state index contributed by atoms with van der Waals surface area (Å²) < 4.78 is 0. The average Bonchev–Trinajstić information content (AvgIpc) is 1.60. The van der Waals surface area contributed by atoms with Gasteiger partial charge in [-0.15, -0.1) is 0 Å². The van der Waals surface area contributed by atoms with Crippen LogP contribution in [-0.2, 0) is 41.7 Å². The summed E-state index contributed by atoms with van der Waals surface area (Å²) in [6.07, 6.45) is 25.6. The molecule has 0 radical (unpaired) electrons. The monoisotopic (exact) mass is 1410 g/mol. The molecule has 5 aromatic carbocycles. The van der Waals surface area contributed by atoms with Crippen molar-refractivity contribution in [2.45, 2.75) is 280 Å². The highest BCUT2D eigenvalue weighted by molar-refractivity contribution is 6.42. The van der Waals surface area contributed by atoms with Gasteiger partial charge in [0.15, 0.2) is 0 Å². The largest absolute Gasteiger partial charge is 0.337 e. The third kappa shape index (κ3) is 25.6. The molecule has 8 atom stereocenters.